The van der Waals surface area contributed by atoms with Crippen LogP contribution in [0.5, 0.6) is 11.6 Å². The summed E-state index contributed by atoms with van der Waals surface area (Å²) < 4.78 is 13.6. The summed E-state index contributed by atoms with van der Waals surface area (Å²) in [6, 6.07) is 28.2. The molecule has 8 heteroatoms. The number of urea groups is 1. The number of benzene rings is 3. The minimum Gasteiger partial charge on any atom is -0.482 e. The maximum Gasteiger partial charge on any atom is 0.321 e. The lowest BCUT2D eigenvalue weighted by molar-refractivity contribution is 0.171. The molecule has 3 aromatic carbocycles. The van der Waals surface area contributed by atoms with Gasteiger partial charge in [0.05, 0.1) is 12.6 Å². The fourth-order valence-corrected chi connectivity index (χ4v) is 5.08. The highest BCUT2D eigenvalue weighted by Crippen LogP contribution is 2.35. The monoisotopic (exact) mass is 634 g/mol. The van der Waals surface area contributed by atoms with Crippen molar-refractivity contribution in [3.8, 4) is 11.6 Å². The van der Waals surface area contributed by atoms with E-state index in [1.807, 2.05) is 70.5 Å². The smallest absolute Gasteiger partial charge is 0.321 e. The number of amides is 2. The first-order chi connectivity index (χ1) is 19.0. The molecule has 1 aliphatic rings. The molecule has 5 rings (SSSR count). The highest BCUT2D eigenvalue weighted by atomic mass is 127. The second-order valence-electron chi connectivity index (χ2n) is 9.73. The van der Waals surface area contributed by atoms with E-state index < -0.39 is 0 Å². The summed E-state index contributed by atoms with van der Waals surface area (Å²) in [4.78, 5) is 26.4. The molecule has 0 saturated carbocycles. The van der Waals surface area contributed by atoms with Crippen molar-refractivity contribution in [2.45, 2.75) is 45.7 Å². The van der Waals surface area contributed by atoms with Gasteiger partial charge in [-0.2, -0.15) is 4.98 Å². The summed E-state index contributed by atoms with van der Waals surface area (Å²) in [5.74, 6) is 0.820. The van der Waals surface area contributed by atoms with Crippen LogP contribution in [0.15, 0.2) is 91.3 Å². The van der Waals surface area contributed by atoms with Gasteiger partial charge in [-0.25, -0.2) is 9.78 Å². The average Bonchev–Trinajstić information content (AvgIpc) is 3.28. The normalized spacial score (nSPS) is 15.2. The van der Waals surface area contributed by atoms with Gasteiger partial charge in [-0.15, -0.1) is 0 Å². The van der Waals surface area contributed by atoms with Crippen molar-refractivity contribution in [1.29, 1.82) is 0 Å². The molecule has 1 aromatic heterocycles. The van der Waals surface area contributed by atoms with Gasteiger partial charge in [0.15, 0.2) is 0 Å². The molecular formula is C31H31IN4O3. The SMILES string of the molecule is CC(C)N1C(=O)N(Cc2ncnc(OCc3ccccc3)c2OCc2ccccc2)CC1c1ccc(I)cc1. The van der Waals surface area contributed by atoms with Crippen LogP contribution in [0.1, 0.15) is 42.3 Å². The van der Waals surface area contributed by atoms with E-state index in [1.54, 1.807) is 0 Å². The number of ether oxygens (including phenoxy) is 2. The summed E-state index contributed by atoms with van der Waals surface area (Å²) in [7, 11) is 0. The van der Waals surface area contributed by atoms with Crippen LogP contribution in [0.25, 0.3) is 0 Å². The second kappa shape index (κ2) is 12.5. The number of carbonyl (C=O) groups is 1. The predicted molar refractivity (Wildman–Crippen MR) is 158 cm³/mol. The largest absolute Gasteiger partial charge is 0.482 e. The van der Waals surface area contributed by atoms with Crippen molar-refractivity contribution >= 4 is 28.6 Å². The fourth-order valence-electron chi connectivity index (χ4n) is 4.72. The van der Waals surface area contributed by atoms with Crippen LogP contribution in [0, 0.1) is 3.57 Å². The van der Waals surface area contributed by atoms with Gasteiger partial charge in [-0.05, 0) is 65.3 Å². The number of carbonyl (C=O) groups excluding carboxylic acids is 1. The van der Waals surface area contributed by atoms with E-state index in [2.05, 4.69) is 70.7 Å². The number of rotatable bonds is 10. The third-order valence-electron chi connectivity index (χ3n) is 6.66. The van der Waals surface area contributed by atoms with E-state index in [-0.39, 0.29) is 24.7 Å². The molecule has 1 unspecified atom stereocenters. The molecule has 0 N–H and O–H groups in total. The van der Waals surface area contributed by atoms with Crippen molar-refractivity contribution in [3.05, 3.63) is 117 Å². The van der Waals surface area contributed by atoms with Crippen molar-refractivity contribution in [3.63, 3.8) is 0 Å². The number of hydrogen-bond donors (Lipinski definition) is 0. The molecule has 0 aliphatic carbocycles. The van der Waals surface area contributed by atoms with Crippen LogP contribution in [0.2, 0.25) is 0 Å². The highest BCUT2D eigenvalue weighted by molar-refractivity contribution is 14.1. The predicted octanol–water partition coefficient (Wildman–Crippen LogP) is 6.63. The summed E-state index contributed by atoms with van der Waals surface area (Å²) >= 11 is 2.30. The van der Waals surface area contributed by atoms with Gasteiger partial charge in [0.25, 0.3) is 5.88 Å². The molecule has 2 heterocycles. The molecule has 0 radical (unpaired) electrons. The first-order valence-corrected chi connectivity index (χ1v) is 14.1. The lowest BCUT2D eigenvalue weighted by Crippen LogP contribution is -2.37. The summed E-state index contributed by atoms with van der Waals surface area (Å²) in [5, 5.41) is 0. The molecule has 200 valence electrons. The number of nitrogens with zero attached hydrogens (tertiary/aromatic N) is 4. The minimum absolute atomic E-state index is 0.0204. The molecule has 39 heavy (non-hydrogen) atoms. The zero-order valence-corrected chi connectivity index (χ0v) is 24.2. The van der Waals surface area contributed by atoms with Crippen LogP contribution < -0.4 is 9.47 Å². The fraction of sp³-hybridized carbons (Fsp3) is 0.258. The number of halogens is 1. The minimum atomic E-state index is -0.0428. The molecule has 7 nitrogen and oxygen atoms in total. The molecule has 0 bridgehead atoms. The Balaban J connectivity index is 1.41. The van der Waals surface area contributed by atoms with Crippen LogP contribution in [-0.2, 0) is 19.8 Å². The molecular weight excluding hydrogens is 603 g/mol. The van der Waals surface area contributed by atoms with E-state index in [1.165, 1.54) is 6.33 Å². The lowest BCUT2D eigenvalue weighted by Gasteiger charge is -2.27. The van der Waals surface area contributed by atoms with E-state index in [4.69, 9.17) is 9.47 Å². The Kier molecular flexibility index (Phi) is 8.61. The standard InChI is InChI=1S/C31H31IN4O3/c1-22(2)36-28(25-13-15-26(32)16-14-25)18-35(31(36)37)17-27-29(38-19-23-9-5-3-6-10-23)30(34-21-33-27)39-20-24-11-7-4-8-12-24/h3-16,21-22,28H,17-20H2,1-2H3. The van der Waals surface area contributed by atoms with Crippen molar-refractivity contribution in [2.24, 2.45) is 0 Å². The lowest BCUT2D eigenvalue weighted by atomic mass is 10.1. The van der Waals surface area contributed by atoms with E-state index >= 15 is 0 Å². The summed E-state index contributed by atoms with van der Waals surface area (Å²) in [5.41, 5.74) is 3.78. The van der Waals surface area contributed by atoms with E-state index in [0.717, 1.165) is 20.3 Å². The van der Waals surface area contributed by atoms with Crippen molar-refractivity contribution in [2.75, 3.05) is 6.54 Å². The Morgan fingerprint density at radius 1 is 0.872 bits per heavy atom. The van der Waals surface area contributed by atoms with Gasteiger partial charge in [-0.3, -0.25) is 0 Å². The van der Waals surface area contributed by atoms with Gasteiger partial charge in [0.2, 0.25) is 5.75 Å². The van der Waals surface area contributed by atoms with E-state index in [0.29, 0.717) is 37.1 Å². The summed E-state index contributed by atoms with van der Waals surface area (Å²) in [6.07, 6.45) is 1.47. The van der Waals surface area contributed by atoms with Crippen molar-refractivity contribution < 1.29 is 14.3 Å². The molecule has 1 atom stereocenters. The second-order valence-corrected chi connectivity index (χ2v) is 11.0. The van der Waals surface area contributed by atoms with Gasteiger partial charge >= 0.3 is 6.03 Å². The Morgan fingerprint density at radius 3 is 2.10 bits per heavy atom. The van der Waals surface area contributed by atoms with Crippen LogP contribution >= 0.6 is 22.6 Å². The Bertz CT molecular complexity index is 1380. The Hall–Kier alpha value is -3.66. The highest BCUT2D eigenvalue weighted by Gasteiger charge is 2.40. The topological polar surface area (TPSA) is 67.8 Å². The molecule has 1 saturated heterocycles. The molecule has 0 spiro atoms. The molecule has 2 amide bonds. The molecule has 1 aliphatic heterocycles. The number of hydrogen-bond acceptors (Lipinski definition) is 5. The summed E-state index contributed by atoms with van der Waals surface area (Å²) in [6.45, 7) is 5.63. The first kappa shape index (κ1) is 26.9. The van der Waals surface area contributed by atoms with Crippen molar-refractivity contribution in [1.82, 2.24) is 19.8 Å². The third kappa shape index (κ3) is 6.50. The maximum atomic E-state index is 13.6. The van der Waals surface area contributed by atoms with Crippen LogP contribution in [0.3, 0.4) is 0 Å². The Labute approximate surface area is 242 Å². The van der Waals surface area contributed by atoms with Gasteiger partial charge in [0.1, 0.15) is 25.2 Å². The van der Waals surface area contributed by atoms with Gasteiger partial charge in [0, 0.05) is 16.2 Å². The van der Waals surface area contributed by atoms with Crippen LogP contribution in [-0.4, -0.2) is 38.4 Å². The van der Waals surface area contributed by atoms with Crippen LogP contribution in [0.4, 0.5) is 4.79 Å². The first-order valence-electron chi connectivity index (χ1n) is 13.0. The zero-order chi connectivity index (χ0) is 27.2. The van der Waals surface area contributed by atoms with Gasteiger partial charge < -0.3 is 19.3 Å². The Morgan fingerprint density at radius 2 is 1.49 bits per heavy atom. The maximum absolute atomic E-state index is 13.6. The zero-order valence-electron chi connectivity index (χ0n) is 22.0. The third-order valence-corrected chi connectivity index (χ3v) is 7.38. The van der Waals surface area contributed by atoms with Gasteiger partial charge in [-0.1, -0.05) is 72.8 Å². The van der Waals surface area contributed by atoms with E-state index in [9.17, 15) is 4.79 Å². The quantitative estimate of drug-likeness (QED) is 0.184. The number of aromatic nitrogens is 2. The average molecular weight is 635 g/mol. The molecule has 1 fully saturated rings. The molecule has 4 aromatic rings.